The van der Waals surface area contributed by atoms with Crippen LogP contribution in [0.15, 0.2) is 97.7 Å². The van der Waals surface area contributed by atoms with Crippen molar-refractivity contribution in [2.75, 3.05) is 51.8 Å². The molecule has 0 saturated carbocycles. The Kier molecular flexibility index (Phi) is 38.2. The first-order valence-electron chi connectivity index (χ1n) is 46.1. The van der Waals surface area contributed by atoms with E-state index >= 15 is 43.2 Å². The molecule has 42 heteroatoms. The van der Waals surface area contributed by atoms with Crippen LogP contribution in [0, 0.1) is 11.8 Å². The van der Waals surface area contributed by atoms with Crippen molar-refractivity contribution < 1.29 is 96.5 Å². The topological polar surface area (TPSA) is 605 Å². The lowest BCUT2D eigenvalue weighted by atomic mass is 9.89. The third kappa shape index (κ3) is 29.1. The van der Waals surface area contributed by atoms with Gasteiger partial charge in [-0.15, -0.1) is 11.8 Å². The zero-order chi connectivity index (χ0) is 97.9. The molecule has 41 nitrogen and oxygen atoms in total. The molecule has 10 rings (SSSR count). The number of fused-ring (bicyclic) bond motifs is 13. The fourth-order valence-corrected chi connectivity index (χ4v) is 18.3. The molecule has 0 spiro atoms. The summed E-state index contributed by atoms with van der Waals surface area (Å²) >= 11 is 0.746. The summed E-state index contributed by atoms with van der Waals surface area (Å²) in [5.41, 5.74) is 14.4. The number of imidazole rings is 1. The van der Waals surface area contributed by atoms with E-state index in [1.807, 2.05) is 38.1 Å². The lowest BCUT2D eigenvalue weighted by molar-refractivity contribution is -0.149. The van der Waals surface area contributed by atoms with E-state index in [0.717, 1.165) is 21.6 Å². The molecule has 2 bridgehead atoms. The summed E-state index contributed by atoms with van der Waals surface area (Å²) in [6.07, 6.45) is 3.01. The summed E-state index contributed by atoms with van der Waals surface area (Å²) < 4.78 is 0. The number of aliphatic hydroxyl groups excluding tert-OH is 1. The van der Waals surface area contributed by atoms with Crippen molar-refractivity contribution in [1.29, 1.82) is 0 Å². The molecule has 4 aliphatic heterocycles. The van der Waals surface area contributed by atoms with Gasteiger partial charge in [0.05, 0.1) is 37.2 Å². The van der Waals surface area contributed by atoms with Crippen LogP contribution in [-0.4, -0.2) is 292 Å². The number of amides is 17. The number of ketones is 1. The zero-order valence-electron chi connectivity index (χ0n) is 77.1. The van der Waals surface area contributed by atoms with Gasteiger partial charge in [0.15, 0.2) is 5.78 Å². The number of hydrogen-bond donors (Lipinski definition) is 18. The number of nitrogens with two attached hydrogens (primary N) is 2. The number of Topliss-reactive ketones (excluding diaryl/α,β-unsaturated/α-hetero) is 1. The highest BCUT2D eigenvalue weighted by Gasteiger charge is 2.47. The fourth-order valence-electron chi connectivity index (χ4n) is 17.5. The molecule has 3 aromatic heterocycles. The normalized spacial score (nSPS) is 25.6. The van der Waals surface area contributed by atoms with Gasteiger partial charge in [0.25, 0.3) is 0 Å². The fraction of sp³-hybridized carbons (Fsp3) is 0.538. The number of aromatic hydroxyl groups is 1. The molecule has 20 N–H and O–H groups in total. The molecular weight excluding hydrogens is 1760 g/mol. The van der Waals surface area contributed by atoms with Crippen LogP contribution in [0.1, 0.15) is 166 Å². The van der Waals surface area contributed by atoms with Crippen molar-refractivity contribution in [2.24, 2.45) is 23.3 Å². The van der Waals surface area contributed by atoms with Crippen LogP contribution in [0.25, 0.3) is 21.8 Å². The minimum atomic E-state index is -1.77. The molecule has 4 saturated heterocycles. The number of carbonyl (C=O) groups is 18. The highest BCUT2D eigenvalue weighted by molar-refractivity contribution is 8.00. The Balaban J connectivity index is 1.06. The molecule has 3 aromatic carbocycles. The third-order valence-electron chi connectivity index (χ3n) is 24.8. The van der Waals surface area contributed by atoms with Gasteiger partial charge in [-0.2, -0.15) is 0 Å². The molecule has 0 unspecified atom stereocenters. The van der Waals surface area contributed by atoms with Gasteiger partial charge in [-0.05, 0) is 118 Å². The largest absolute Gasteiger partial charge is 0.508 e. The lowest BCUT2D eigenvalue weighted by Gasteiger charge is -2.36. The van der Waals surface area contributed by atoms with Crippen LogP contribution in [0.3, 0.4) is 0 Å². The maximum atomic E-state index is 15.9. The van der Waals surface area contributed by atoms with Gasteiger partial charge in [0.2, 0.25) is 100 Å². The number of aliphatic hydroxyl groups is 1. The minimum Gasteiger partial charge on any atom is -0.508 e. The molecule has 6 aromatic rings. The second kappa shape index (κ2) is 49.6. The summed E-state index contributed by atoms with van der Waals surface area (Å²) in [7, 11) is 2.77. The summed E-state index contributed by atoms with van der Waals surface area (Å²) in [6, 6.07) is 0.195. The number of primary amides is 2. The van der Waals surface area contributed by atoms with Crippen molar-refractivity contribution in [3.63, 3.8) is 0 Å². The number of carbonyl (C=O) groups excluding carboxylic acids is 18. The Morgan fingerprint density at radius 3 is 1.81 bits per heavy atom. The minimum absolute atomic E-state index is 0.00346. The molecule has 4 aliphatic rings. The maximum absolute atomic E-state index is 15.9. The van der Waals surface area contributed by atoms with Crippen molar-refractivity contribution >= 4 is 140 Å². The van der Waals surface area contributed by atoms with Crippen LogP contribution in [-0.2, 0) is 112 Å². The predicted molar refractivity (Wildman–Crippen MR) is 496 cm³/mol. The number of unbranched alkanes of at least 4 members (excludes halogenated alkanes) is 2. The molecule has 135 heavy (non-hydrogen) atoms. The van der Waals surface area contributed by atoms with Crippen LogP contribution in [0.5, 0.6) is 5.75 Å². The number of aromatic nitrogens is 4. The molecular formula is C93H127N21O20S. The van der Waals surface area contributed by atoms with E-state index in [4.69, 9.17) is 11.5 Å². The molecule has 730 valence electrons. The standard InChI is InChI=1S/C93H127N21O20S/c1-8-10-24-72-88(129)105-65-31-32-79(120)97-33-17-16-23-64(84(125)109-69(38-56-44-99-63-22-15-13-20-61(56)63)90(131)112(7)74(25-11-9-2)93(134)111(72)6)104-82(123)54(37-55-43-98-62-21-14-12-19-60(55)62)39-76(117)75-41-59(116)47-114(75)92(133)68(35-51(3)4)108-87(128)67(40-57-45-96-50-101-57)106-89(130)73-26-18-34-113(73)91(132)70(42-77(94)118)107-81(122)52(5)102-86(127)66(36-53-27-29-58(115)30-28-53)103-80(121)49-135-48-71(110-85(65)126)83(124)100-46-78(95)119/h12-15,19-22,27-30,43-45,50-52,54,59,64-75,98-99,115-116H,8-11,16-18,23-26,31-42,46-49H2,1-7H3,(H2,94,118)(H2,95,119)(H,96,101)(H,97,120)(H,100,124)(H,102,127)(H,103,121)(H,104,123)(H,105,129)(H,106,130)(H,107,122)(H,108,128)(H,109,125)(H,110,126)/t52-,54-,59-,64+,65+,66+,67+,68+,69+,70+,71+,72+,73+,74+,75+/m1/s1. The number of para-hydroxylation sites is 2. The quantitative estimate of drug-likeness (QED) is 0.0438. The second-order valence-electron chi connectivity index (χ2n) is 35.6. The summed E-state index contributed by atoms with van der Waals surface area (Å²) in [4.78, 5) is 285. The summed E-state index contributed by atoms with van der Waals surface area (Å²) in [5, 5.41) is 52.8. The van der Waals surface area contributed by atoms with E-state index in [2.05, 4.69) is 78.4 Å². The number of nitrogens with one attached hydrogen (secondary N) is 14. The number of rotatable bonds is 21. The third-order valence-corrected chi connectivity index (χ3v) is 25.8. The Bertz CT molecular complexity index is 5240. The van der Waals surface area contributed by atoms with Crippen molar-refractivity contribution in [1.82, 2.24) is 98.0 Å². The second-order valence-corrected chi connectivity index (χ2v) is 36.6. The Morgan fingerprint density at radius 2 is 1.16 bits per heavy atom. The SMILES string of the molecule is CCCC[C@H]1C(=O)N(C)[C@@H](CCCC)C(=O)N[C@H]2CCC(=O)NCCCC[C@H](NC(=O)[C@H](Cc3c[nH]c4ccccc34)CC(=O)[C@@H]3C[C@@H](O)CN3C(=O)[C@H](CC(C)C)NC(=O)[C@H](Cc3cnc[nH]3)NC(=O)[C@@H]3CCCN3C(=O)[C@H](CC(N)=O)NC(=O)[C@@H](C)NC(=O)[C@H](Cc3ccc(O)cc3)NC(=O)CSC[C@@H](C(=O)NCC(N)=O)NC2=O)C(=O)N[C@@H](Cc2c[nH]c3ccccc23)C(=O)N1C. The number of phenols is 1. The Morgan fingerprint density at radius 1 is 0.563 bits per heavy atom. The Hall–Kier alpha value is -13.3. The van der Waals surface area contributed by atoms with E-state index in [9.17, 15) is 53.4 Å². The molecule has 4 fully saturated rings. The molecule has 0 radical (unpaired) electrons. The van der Waals surface area contributed by atoms with Gasteiger partial charge < -0.3 is 115 Å². The van der Waals surface area contributed by atoms with Crippen LogP contribution >= 0.6 is 11.8 Å². The van der Waals surface area contributed by atoms with Crippen LogP contribution in [0.4, 0.5) is 0 Å². The highest BCUT2D eigenvalue weighted by atomic mass is 32.2. The van der Waals surface area contributed by atoms with E-state index in [1.165, 1.54) is 67.6 Å². The van der Waals surface area contributed by atoms with Gasteiger partial charge >= 0.3 is 0 Å². The first-order valence-corrected chi connectivity index (χ1v) is 47.3. The van der Waals surface area contributed by atoms with E-state index in [1.54, 1.807) is 50.5 Å². The Labute approximate surface area is 785 Å². The van der Waals surface area contributed by atoms with E-state index < -0.39 is 247 Å². The van der Waals surface area contributed by atoms with Crippen molar-refractivity contribution in [2.45, 2.75) is 254 Å². The molecule has 0 aliphatic carbocycles. The highest BCUT2D eigenvalue weighted by Crippen LogP contribution is 2.31. The number of likely N-dealkylation sites (N-methyl/N-ethyl adjacent to an activating group) is 2. The van der Waals surface area contributed by atoms with Gasteiger partial charge in [-0.25, -0.2) is 4.98 Å². The molecule has 15 atom stereocenters. The number of nitrogens with zero attached hydrogens (tertiary/aromatic N) is 5. The van der Waals surface area contributed by atoms with Gasteiger partial charge in [-0.3, -0.25) is 86.3 Å². The van der Waals surface area contributed by atoms with Crippen LogP contribution in [0.2, 0.25) is 0 Å². The molecule has 7 heterocycles. The van der Waals surface area contributed by atoms with Gasteiger partial charge in [0, 0.05) is 130 Å². The smallest absolute Gasteiger partial charge is 0.246 e. The van der Waals surface area contributed by atoms with Gasteiger partial charge in [-0.1, -0.05) is 102 Å². The monoisotopic (exact) mass is 1890 g/mol. The maximum Gasteiger partial charge on any atom is 0.246 e. The van der Waals surface area contributed by atoms with Crippen LogP contribution < -0.4 is 70.0 Å². The van der Waals surface area contributed by atoms with Gasteiger partial charge in [0.1, 0.15) is 78.3 Å². The first-order chi connectivity index (χ1) is 64.5. The number of thioether (sulfide) groups is 1. The van der Waals surface area contributed by atoms with Crippen molar-refractivity contribution in [3.05, 3.63) is 120 Å². The predicted octanol–water partition coefficient (Wildman–Crippen LogP) is -0.356. The zero-order valence-corrected chi connectivity index (χ0v) is 77.9. The van der Waals surface area contributed by atoms with E-state index in [0.29, 0.717) is 69.9 Å². The first kappa shape index (κ1) is 104. The molecule has 17 amide bonds. The lowest BCUT2D eigenvalue weighted by Crippen LogP contribution is -2.60. The average molecular weight is 1890 g/mol. The number of hydrogen-bond acceptors (Lipinski definition) is 22. The van der Waals surface area contributed by atoms with Crippen molar-refractivity contribution in [3.8, 4) is 5.75 Å². The summed E-state index contributed by atoms with van der Waals surface area (Å²) in [6.45, 7) is 7.14. The number of phenolic OH excluding ortho intramolecular Hbond substituents is 1. The number of aromatic amines is 3. The van der Waals surface area contributed by atoms with E-state index in [-0.39, 0.29) is 108 Å². The summed E-state index contributed by atoms with van der Waals surface area (Å²) in [5.74, 6) is -18.9. The average Bonchev–Trinajstić information content (AvgIpc) is 1.62. The number of H-pyrrole nitrogens is 3. The number of benzene rings is 3.